The van der Waals surface area contributed by atoms with Gasteiger partial charge in [-0.1, -0.05) is 27.2 Å². The summed E-state index contributed by atoms with van der Waals surface area (Å²) in [5.74, 6) is -0.663. The molecular formula is C11H22N2O3. The average Bonchev–Trinajstić information content (AvgIpc) is 2.20. The number of hydrogen-bond acceptors (Lipinski definition) is 3. The van der Waals surface area contributed by atoms with Gasteiger partial charge in [0.15, 0.2) is 0 Å². The normalized spacial score (nSPS) is 12.5. The van der Waals surface area contributed by atoms with Gasteiger partial charge in [0.1, 0.15) is 6.04 Å². The molecule has 94 valence electrons. The number of nitrogens with one attached hydrogen (secondary N) is 2. The first-order chi connectivity index (χ1) is 7.47. The maximum atomic E-state index is 11.3. The molecule has 1 amide bonds. The van der Waals surface area contributed by atoms with Gasteiger partial charge < -0.3 is 10.4 Å². The highest BCUT2D eigenvalue weighted by atomic mass is 16.4. The predicted octanol–water partition coefficient (Wildman–Crippen LogP) is 0.601. The lowest BCUT2D eigenvalue weighted by Crippen LogP contribution is -2.43. The Morgan fingerprint density at radius 3 is 2.38 bits per heavy atom. The molecule has 0 rings (SSSR count). The summed E-state index contributed by atoms with van der Waals surface area (Å²) in [5.41, 5.74) is 0. The monoisotopic (exact) mass is 230 g/mol. The van der Waals surface area contributed by atoms with Crippen LogP contribution in [0.25, 0.3) is 0 Å². The highest BCUT2D eigenvalue weighted by molar-refractivity contribution is 5.79. The minimum absolute atomic E-state index is 0.0592. The fourth-order valence-corrected chi connectivity index (χ4v) is 1.20. The molecule has 16 heavy (non-hydrogen) atoms. The molecule has 0 radical (unpaired) electrons. The van der Waals surface area contributed by atoms with Crippen LogP contribution in [0.5, 0.6) is 0 Å². The van der Waals surface area contributed by atoms with Crippen LogP contribution in [0.4, 0.5) is 0 Å². The molecular weight excluding hydrogens is 208 g/mol. The minimum Gasteiger partial charge on any atom is -0.480 e. The van der Waals surface area contributed by atoms with Gasteiger partial charge >= 0.3 is 5.97 Å². The predicted molar refractivity (Wildman–Crippen MR) is 62.2 cm³/mol. The number of carboxylic acid groups (broad SMARTS) is 1. The van der Waals surface area contributed by atoms with E-state index in [0.717, 1.165) is 6.42 Å². The maximum absolute atomic E-state index is 11.3. The molecule has 0 aliphatic rings. The van der Waals surface area contributed by atoms with Crippen LogP contribution in [0.3, 0.4) is 0 Å². The second-order valence-electron chi connectivity index (χ2n) is 4.26. The molecule has 0 heterocycles. The molecule has 0 fully saturated rings. The Labute approximate surface area is 96.6 Å². The number of rotatable bonds is 8. The molecule has 1 unspecified atom stereocenters. The molecule has 5 nitrogen and oxygen atoms in total. The Bertz CT molecular complexity index is 229. The van der Waals surface area contributed by atoms with Gasteiger partial charge in [0.2, 0.25) is 5.91 Å². The van der Waals surface area contributed by atoms with Crippen molar-refractivity contribution >= 4 is 11.9 Å². The first kappa shape index (κ1) is 14.9. The third kappa shape index (κ3) is 7.23. The highest BCUT2D eigenvalue weighted by Crippen LogP contribution is 1.96. The summed E-state index contributed by atoms with van der Waals surface area (Å²) in [4.78, 5) is 22.1. The third-order valence-electron chi connectivity index (χ3n) is 2.09. The second kappa shape index (κ2) is 8.10. The Morgan fingerprint density at radius 2 is 1.94 bits per heavy atom. The number of carboxylic acids is 1. The minimum atomic E-state index is -0.904. The number of carbonyl (C=O) groups excluding carboxylic acids is 1. The van der Waals surface area contributed by atoms with E-state index in [9.17, 15) is 9.59 Å². The first-order valence-corrected chi connectivity index (χ1v) is 5.70. The van der Waals surface area contributed by atoms with Gasteiger partial charge in [-0.05, 0) is 12.3 Å². The van der Waals surface area contributed by atoms with E-state index >= 15 is 0 Å². The maximum Gasteiger partial charge on any atom is 0.320 e. The summed E-state index contributed by atoms with van der Waals surface area (Å²) in [6.07, 6.45) is 1.31. The largest absolute Gasteiger partial charge is 0.480 e. The van der Waals surface area contributed by atoms with E-state index in [2.05, 4.69) is 10.6 Å². The van der Waals surface area contributed by atoms with Crippen LogP contribution in [0.1, 0.15) is 33.6 Å². The molecule has 0 spiro atoms. The lowest BCUT2D eigenvalue weighted by atomic mass is 10.1. The van der Waals surface area contributed by atoms with Crippen LogP contribution >= 0.6 is 0 Å². The van der Waals surface area contributed by atoms with Gasteiger partial charge in [-0.2, -0.15) is 0 Å². The molecule has 0 saturated carbocycles. The van der Waals surface area contributed by atoms with Crippen LogP contribution in [0.2, 0.25) is 0 Å². The lowest BCUT2D eigenvalue weighted by Gasteiger charge is -2.13. The molecule has 0 aliphatic heterocycles. The number of carbonyl (C=O) groups is 2. The molecule has 0 aromatic heterocycles. The van der Waals surface area contributed by atoms with Crippen molar-refractivity contribution in [1.29, 1.82) is 0 Å². The molecule has 5 heteroatoms. The zero-order valence-corrected chi connectivity index (χ0v) is 10.2. The Morgan fingerprint density at radius 1 is 1.31 bits per heavy atom. The van der Waals surface area contributed by atoms with Crippen molar-refractivity contribution in [3.8, 4) is 0 Å². The SMILES string of the molecule is CCCC(NCC(=O)NCC(C)C)C(=O)O. The zero-order valence-electron chi connectivity index (χ0n) is 10.2. The zero-order chi connectivity index (χ0) is 12.6. The van der Waals surface area contributed by atoms with Crippen molar-refractivity contribution in [2.75, 3.05) is 13.1 Å². The summed E-state index contributed by atoms with van der Waals surface area (Å²) in [6.45, 7) is 6.60. The van der Waals surface area contributed by atoms with E-state index in [0.29, 0.717) is 18.9 Å². The van der Waals surface area contributed by atoms with Crippen molar-refractivity contribution < 1.29 is 14.7 Å². The third-order valence-corrected chi connectivity index (χ3v) is 2.09. The van der Waals surface area contributed by atoms with Gasteiger partial charge in [-0.3, -0.25) is 14.9 Å². The standard InChI is InChI=1S/C11H22N2O3/c1-4-5-9(11(15)16)12-7-10(14)13-6-8(2)3/h8-9,12H,4-7H2,1-3H3,(H,13,14)(H,15,16). The molecule has 0 aromatic carbocycles. The van der Waals surface area contributed by atoms with Crippen LogP contribution in [0, 0.1) is 5.92 Å². The van der Waals surface area contributed by atoms with Crippen LogP contribution in [-0.2, 0) is 9.59 Å². The Balaban J connectivity index is 3.82. The van der Waals surface area contributed by atoms with Crippen molar-refractivity contribution in [3.05, 3.63) is 0 Å². The highest BCUT2D eigenvalue weighted by Gasteiger charge is 2.16. The van der Waals surface area contributed by atoms with Crippen molar-refractivity contribution in [1.82, 2.24) is 10.6 Å². The van der Waals surface area contributed by atoms with E-state index in [-0.39, 0.29) is 12.5 Å². The molecule has 0 aromatic rings. The fourth-order valence-electron chi connectivity index (χ4n) is 1.20. The topological polar surface area (TPSA) is 78.4 Å². The molecule has 0 bridgehead atoms. The van der Waals surface area contributed by atoms with E-state index in [1.165, 1.54) is 0 Å². The summed E-state index contributed by atoms with van der Waals surface area (Å²) in [5, 5.41) is 14.3. The van der Waals surface area contributed by atoms with Crippen LogP contribution < -0.4 is 10.6 Å². The summed E-state index contributed by atoms with van der Waals surface area (Å²) < 4.78 is 0. The van der Waals surface area contributed by atoms with Gasteiger partial charge in [0.25, 0.3) is 0 Å². The molecule has 1 atom stereocenters. The smallest absolute Gasteiger partial charge is 0.320 e. The number of aliphatic carboxylic acids is 1. The summed E-state index contributed by atoms with van der Waals surface area (Å²) in [7, 11) is 0. The molecule has 0 aliphatic carbocycles. The van der Waals surface area contributed by atoms with E-state index < -0.39 is 12.0 Å². The second-order valence-corrected chi connectivity index (χ2v) is 4.26. The molecule has 0 saturated heterocycles. The average molecular weight is 230 g/mol. The first-order valence-electron chi connectivity index (χ1n) is 5.70. The Kier molecular flexibility index (Phi) is 7.54. The van der Waals surface area contributed by atoms with Gasteiger partial charge in [0.05, 0.1) is 6.54 Å². The van der Waals surface area contributed by atoms with Crippen molar-refractivity contribution in [2.24, 2.45) is 5.92 Å². The lowest BCUT2D eigenvalue weighted by molar-refractivity contribution is -0.139. The van der Waals surface area contributed by atoms with Crippen LogP contribution in [0.15, 0.2) is 0 Å². The number of hydrogen-bond donors (Lipinski definition) is 3. The van der Waals surface area contributed by atoms with Gasteiger partial charge in [-0.15, -0.1) is 0 Å². The van der Waals surface area contributed by atoms with E-state index in [1.807, 2.05) is 20.8 Å². The Hall–Kier alpha value is -1.10. The van der Waals surface area contributed by atoms with Crippen molar-refractivity contribution in [3.63, 3.8) is 0 Å². The van der Waals surface area contributed by atoms with E-state index in [4.69, 9.17) is 5.11 Å². The summed E-state index contributed by atoms with van der Waals surface area (Å²) in [6, 6.07) is -0.630. The van der Waals surface area contributed by atoms with Crippen molar-refractivity contribution in [2.45, 2.75) is 39.7 Å². The quantitative estimate of drug-likeness (QED) is 0.570. The van der Waals surface area contributed by atoms with Gasteiger partial charge in [0, 0.05) is 6.54 Å². The van der Waals surface area contributed by atoms with E-state index in [1.54, 1.807) is 0 Å². The fraction of sp³-hybridized carbons (Fsp3) is 0.818. The summed E-state index contributed by atoms with van der Waals surface area (Å²) >= 11 is 0. The van der Waals surface area contributed by atoms with Crippen LogP contribution in [-0.4, -0.2) is 36.1 Å². The molecule has 3 N–H and O–H groups in total. The van der Waals surface area contributed by atoms with Gasteiger partial charge in [-0.25, -0.2) is 0 Å². The number of amides is 1.